The van der Waals surface area contributed by atoms with Gasteiger partial charge >= 0.3 is 0 Å². The highest BCUT2D eigenvalue weighted by Crippen LogP contribution is 2.17. The first-order valence-corrected chi connectivity index (χ1v) is 9.33. The van der Waals surface area contributed by atoms with E-state index >= 15 is 0 Å². The van der Waals surface area contributed by atoms with Gasteiger partial charge in [0.2, 0.25) is 0 Å². The van der Waals surface area contributed by atoms with Crippen LogP contribution in [0.2, 0.25) is 0 Å². The smallest absolute Gasteiger partial charge is 0.0646 e. The van der Waals surface area contributed by atoms with E-state index in [0.29, 0.717) is 0 Å². The Kier molecular flexibility index (Phi) is 4.98. The van der Waals surface area contributed by atoms with Gasteiger partial charge in [0.25, 0.3) is 0 Å². The zero-order valence-electron chi connectivity index (χ0n) is 15.3. The number of hydrazone groups is 1. The Morgan fingerprint density at radius 3 is 2.27 bits per heavy atom. The van der Waals surface area contributed by atoms with E-state index in [1.807, 2.05) is 0 Å². The van der Waals surface area contributed by atoms with Crippen LogP contribution in [0.25, 0.3) is 10.8 Å². The lowest BCUT2D eigenvalue weighted by Crippen LogP contribution is -2.43. The van der Waals surface area contributed by atoms with Crippen LogP contribution in [0.4, 0.5) is 0 Å². The first kappa shape index (κ1) is 16.8. The van der Waals surface area contributed by atoms with Crippen LogP contribution in [-0.2, 0) is 6.54 Å². The molecule has 4 rings (SSSR count). The molecule has 3 aromatic carbocycles. The van der Waals surface area contributed by atoms with E-state index in [-0.39, 0.29) is 0 Å². The molecule has 132 valence electrons. The number of benzene rings is 3. The van der Waals surface area contributed by atoms with Crippen LogP contribution < -0.4 is 0 Å². The van der Waals surface area contributed by atoms with Gasteiger partial charge in [0.05, 0.1) is 5.71 Å². The molecule has 3 nitrogen and oxygen atoms in total. The highest BCUT2D eigenvalue weighted by molar-refractivity contribution is 6.01. The molecule has 1 fully saturated rings. The largest absolute Gasteiger partial charge is 0.295 e. The maximum absolute atomic E-state index is 4.88. The van der Waals surface area contributed by atoms with E-state index < -0.39 is 0 Å². The third-order valence-corrected chi connectivity index (χ3v) is 5.06. The summed E-state index contributed by atoms with van der Waals surface area (Å²) in [7, 11) is 0. The summed E-state index contributed by atoms with van der Waals surface area (Å²) in [6.45, 7) is 7.23. The van der Waals surface area contributed by atoms with Gasteiger partial charge in [0, 0.05) is 32.7 Å². The standard InChI is InChI=1S/C23H25N3/c1-19(22-12-11-21-9-5-6-10-23(21)17-22)24-26-15-13-25(14-16-26)18-20-7-3-2-4-8-20/h2-12,17H,13-16,18H2,1H3. The van der Waals surface area contributed by atoms with E-state index in [4.69, 9.17) is 5.10 Å². The normalized spacial score (nSPS) is 16.2. The molecule has 0 amide bonds. The molecule has 1 heterocycles. The molecule has 0 aliphatic carbocycles. The molecule has 0 atom stereocenters. The van der Waals surface area contributed by atoms with Gasteiger partial charge in [-0.1, -0.05) is 66.7 Å². The van der Waals surface area contributed by atoms with Crippen LogP contribution in [0.3, 0.4) is 0 Å². The van der Waals surface area contributed by atoms with E-state index in [2.05, 4.69) is 89.6 Å². The molecule has 1 aliphatic rings. The minimum atomic E-state index is 0.984. The van der Waals surface area contributed by atoms with Crippen LogP contribution in [0.1, 0.15) is 18.1 Å². The van der Waals surface area contributed by atoms with Crippen molar-refractivity contribution < 1.29 is 0 Å². The predicted molar refractivity (Wildman–Crippen MR) is 109 cm³/mol. The first-order chi connectivity index (χ1) is 12.8. The molecule has 3 heteroatoms. The molecule has 1 aliphatic heterocycles. The summed E-state index contributed by atoms with van der Waals surface area (Å²) in [5, 5.41) is 9.64. The fourth-order valence-electron chi connectivity index (χ4n) is 3.52. The van der Waals surface area contributed by atoms with Crippen LogP contribution in [0.15, 0.2) is 77.9 Å². The Labute approximate surface area is 155 Å². The molecule has 3 aromatic rings. The topological polar surface area (TPSA) is 18.8 Å². The van der Waals surface area contributed by atoms with Crippen molar-refractivity contribution in [2.24, 2.45) is 5.10 Å². The molecule has 1 saturated heterocycles. The van der Waals surface area contributed by atoms with Crippen molar-refractivity contribution in [1.29, 1.82) is 0 Å². The van der Waals surface area contributed by atoms with Crippen molar-refractivity contribution in [3.05, 3.63) is 83.9 Å². The van der Waals surface area contributed by atoms with Gasteiger partial charge in [-0.15, -0.1) is 0 Å². The first-order valence-electron chi connectivity index (χ1n) is 9.33. The van der Waals surface area contributed by atoms with Gasteiger partial charge in [0.1, 0.15) is 0 Å². The molecular formula is C23H25N3. The highest BCUT2D eigenvalue weighted by atomic mass is 15.5. The number of nitrogens with zero attached hydrogens (tertiary/aromatic N) is 3. The maximum atomic E-state index is 4.88. The number of hydrogen-bond donors (Lipinski definition) is 0. The Morgan fingerprint density at radius 1 is 0.808 bits per heavy atom. The van der Waals surface area contributed by atoms with Gasteiger partial charge in [0.15, 0.2) is 0 Å². The number of fused-ring (bicyclic) bond motifs is 1. The van der Waals surface area contributed by atoms with Gasteiger partial charge in [-0.3, -0.25) is 9.91 Å². The van der Waals surface area contributed by atoms with Crippen LogP contribution in [0.5, 0.6) is 0 Å². The third kappa shape index (κ3) is 3.94. The molecule has 26 heavy (non-hydrogen) atoms. The average molecular weight is 343 g/mol. The fourth-order valence-corrected chi connectivity index (χ4v) is 3.52. The summed E-state index contributed by atoms with van der Waals surface area (Å²) < 4.78 is 0. The lowest BCUT2D eigenvalue weighted by atomic mass is 10.0. The summed E-state index contributed by atoms with van der Waals surface area (Å²) in [5.41, 5.74) is 3.68. The quantitative estimate of drug-likeness (QED) is 0.655. The summed E-state index contributed by atoms with van der Waals surface area (Å²) in [5.74, 6) is 0. The SMILES string of the molecule is CC(=NN1CCN(Cc2ccccc2)CC1)c1ccc2ccccc2c1. The second kappa shape index (κ2) is 7.71. The molecule has 0 N–H and O–H groups in total. The van der Waals surface area contributed by atoms with E-state index in [9.17, 15) is 0 Å². The molecular weight excluding hydrogens is 318 g/mol. The molecule has 0 radical (unpaired) electrons. The zero-order chi connectivity index (χ0) is 17.8. The minimum absolute atomic E-state index is 0.984. The summed E-state index contributed by atoms with van der Waals surface area (Å²) in [6.07, 6.45) is 0. The van der Waals surface area contributed by atoms with Crippen molar-refractivity contribution in [3.63, 3.8) is 0 Å². The lowest BCUT2D eigenvalue weighted by molar-refractivity contribution is 0.130. The number of hydrogen-bond acceptors (Lipinski definition) is 3. The van der Waals surface area contributed by atoms with Gasteiger partial charge in [-0.2, -0.15) is 5.10 Å². The monoisotopic (exact) mass is 343 g/mol. The summed E-state index contributed by atoms with van der Waals surface area (Å²) in [4.78, 5) is 2.51. The van der Waals surface area contributed by atoms with Crippen LogP contribution in [-0.4, -0.2) is 41.8 Å². The third-order valence-electron chi connectivity index (χ3n) is 5.06. The van der Waals surface area contributed by atoms with E-state index in [1.54, 1.807) is 0 Å². The predicted octanol–water partition coefficient (Wildman–Crippen LogP) is 4.38. The molecule has 0 saturated carbocycles. The highest BCUT2D eigenvalue weighted by Gasteiger charge is 2.16. The Hall–Kier alpha value is -2.65. The van der Waals surface area contributed by atoms with Gasteiger partial charge in [-0.05, 0) is 34.9 Å². The van der Waals surface area contributed by atoms with Crippen molar-refractivity contribution in [2.75, 3.05) is 26.2 Å². The lowest BCUT2D eigenvalue weighted by Gasteiger charge is -2.33. The van der Waals surface area contributed by atoms with Gasteiger partial charge in [-0.25, -0.2) is 0 Å². The molecule has 0 bridgehead atoms. The summed E-state index contributed by atoms with van der Waals surface area (Å²) >= 11 is 0. The second-order valence-corrected chi connectivity index (χ2v) is 6.96. The summed E-state index contributed by atoms with van der Waals surface area (Å²) in [6, 6.07) is 25.8. The van der Waals surface area contributed by atoms with Gasteiger partial charge < -0.3 is 0 Å². The fraction of sp³-hybridized carbons (Fsp3) is 0.261. The van der Waals surface area contributed by atoms with Crippen molar-refractivity contribution >= 4 is 16.5 Å². The van der Waals surface area contributed by atoms with Crippen molar-refractivity contribution in [1.82, 2.24) is 9.91 Å². The maximum Gasteiger partial charge on any atom is 0.0646 e. The Morgan fingerprint density at radius 2 is 1.50 bits per heavy atom. The minimum Gasteiger partial charge on any atom is -0.295 e. The zero-order valence-corrected chi connectivity index (χ0v) is 15.3. The number of piperazine rings is 1. The second-order valence-electron chi connectivity index (χ2n) is 6.96. The average Bonchev–Trinajstić information content (AvgIpc) is 2.70. The van der Waals surface area contributed by atoms with Crippen molar-refractivity contribution in [2.45, 2.75) is 13.5 Å². The van der Waals surface area contributed by atoms with E-state index in [1.165, 1.54) is 21.9 Å². The van der Waals surface area contributed by atoms with E-state index in [0.717, 1.165) is 38.4 Å². The Bertz CT molecular complexity index is 893. The van der Waals surface area contributed by atoms with Crippen LogP contribution >= 0.6 is 0 Å². The van der Waals surface area contributed by atoms with Crippen molar-refractivity contribution in [3.8, 4) is 0 Å². The Balaban J connectivity index is 1.39. The molecule has 0 unspecified atom stereocenters. The van der Waals surface area contributed by atoms with Crippen LogP contribution in [0, 0.1) is 0 Å². The number of rotatable bonds is 4. The molecule has 0 spiro atoms. The molecule has 0 aromatic heterocycles.